The van der Waals surface area contributed by atoms with Gasteiger partial charge in [-0.2, -0.15) is 13.2 Å². The zero-order chi connectivity index (χ0) is 21.2. The summed E-state index contributed by atoms with van der Waals surface area (Å²) in [6, 6.07) is 11.3. The van der Waals surface area contributed by atoms with Crippen molar-refractivity contribution >= 4 is 44.5 Å². The minimum atomic E-state index is -4.71. The molecule has 1 aromatic heterocycles. The first-order chi connectivity index (χ1) is 13.6. The number of imidazole rings is 1. The highest BCUT2D eigenvalue weighted by Gasteiger charge is 2.38. The standard InChI is InChI=1S/C19H16BrF3N4O2/c1-11-8-12(20)6-7-13(11)25-16(28)9-24-17(29)10-27-15-5-3-2-4-14(15)26-18(27)19(21,22)23/h2-8H,9-10H2,1H3,(H,24,29)(H,25,28). The summed E-state index contributed by atoms with van der Waals surface area (Å²) in [5.74, 6) is -2.39. The normalized spacial score (nSPS) is 11.5. The quantitative estimate of drug-likeness (QED) is 0.596. The third-order valence-corrected chi connectivity index (χ3v) is 4.61. The maximum atomic E-state index is 13.3. The summed E-state index contributed by atoms with van der Waals surface area (Å²) in [4.78, 5) is 27.8. The van der Waals surface area contributed by atoms with Crippen LogP contribution in [0.4, 0.5) is 18.9 Å². The molecule has 0 radical (unpaired) electrons. The van der Waals surface area contributed by atoms with E-state index >= 15 is 0 Å². The van der Waals surface area contributed by atoms with E-state index in [0.29, 0.717) is 5.69 Å². The molecule has 0 aliphatic heterocycles. The van der Waals surface area contributed by atoms with Crippen LogP contribution in [-0.4, -0.2) is 27.9 Å². The highest BCUT2D eigenvalue weighted by Crippen LogP contribution is 2.31. The van der Waals surface area contributed by atoms with Gasteiger partial charge in [0.1, 0.15) is 6.54 Å². The topological polar surface area (TPSA) is 76.0 Å². The predicted octanol–water partition coefficient (Wildman–Crippen LogP) is 3.88. The van der Waals surface area contributed by atoms with Crippen LogP contribution < -0.4 is 10.6 Å². The van der Waals surface area contributed by atoms with Crippen molar-refractivity contribution in [1.82, 2.24) is 14.9 Å². The summed E-state index contributed by atoms with van der Waals surface area (Å²) >= 11 is 3.32. The van der Waals surface area contributed by atoms with Gasteiger partial charge in [-0.15, -0.1) is 0 Å². The average Bonchev–Trinajstić information content (AvgIpc) is 3.01. The van der Waals surface area contributed by atoms with Gasteiger partial charge in [-0.25, -0.2) is 4.98 Å². The monoisotopic (exact) mass is 468 g/mol. The highest BCUT2D eigenvalue weighted by molar-refractivity contribution is 9.10. The molecule has 6 nitrogen and oxygen atoms in total. The van der Waals surface area contributed by atoms with Crippen LogP contribution >= 0.6 is 15.9 Å². The number of nitrogens with zero attached hydrogens (tertiary/aromatic N) is 2. The molecule has 0 saturated carbocycles. The number of carbonyl (C=O) groups is 2. The Bertz CT molecular complexity index is 1080. The first-order valence-corrected chi connectivity index (χ1v) is 9.29. The molecule has 2 amide bonds. The van der Waals surface area contributed by atoms with Gasteiger partial charge in [0.2, 0.25) is 17.6 Å². The van der Waals surface area contributed by atoms with Gasteiger partial charge < -0.3 is 15.2 Å². The van der Waals surface area contributed by atoms with Crippen LogP contribution in [0.2, 0.25) is 0 Å². The minimum absolute atomic E-state index is 0.135. The molecular formula is C19H16BrF3N4O2. The lowest BCUT2D eigenvalue weighted by atomic mass is 10.2. The first-order valence-electron chi connectivity index (χ1n) is 8.50. The van der Waals surface area contributed by atoms with Crippen molar-refractivity contribution in [3.05, 3.63) is 58.3 Å². The molecular weight excluding hydrogens is 453 g/mol. The number of alkyl halides is 3. The number of hydrogen-bond donors (Lipinski definition) is 2. The van der Waals surface area contributed by atoms with Gasteiger partial charge >= 0.3 is 6.18 Å². The number of hydrogen-bond acceptors (Lipinski definition) is 3. The fourth-order valence-corrected chi connectivity index (χ4v) is 3.27. The second kappa shape index (κ2) is 8.24. The second-order valence-electron chi connectivity index (χ2n) is 6.29. The molecule has 152 valence electrons. The van der Waals surface area contributed by atoms with E-state index in [0.717, 1.165) is 14.6 Å². The Morgan fingerprint density at radius 2 is 1.86 bits per heavy atom. The molecule has 0 unspecified atom stereocenters. The number of fused-ring (bicyclic) bond motifs is 1. The van der Waals surface area contributed by atoms with Gasteiger partial charge in [-0.3, -0.25) is 9.59 Å². The number of nitrogens with one attached hydrogen (secondary N) is 2. The third-order valence-electron chi connectivity index (χ3n) is 4.12. The Labute approximate surface area is 172 Å². The average molecular weight is 469 g/mol. The van der Waals surface area contributed by atoms with E-state index in [9.17, 15) is 22.8 Å². The van der Waals surface area contributed by atoms with E-state index in [-0.39, 0.29) is 17.6 Å². The molecule has 10 heteroatoms. The van der Waals surface area contributed by atoms with Crippen molar-refractivity contribution in [2.24, 2.45) is 0 Å². The molecule has 0 aliphatic carbocycles. The lowest BCUT2D eigenvalue weighted by molar-refractivity contribution is -0.147. The van der Waals surface area contributed by atoms with E-state index in [1.807, 2.05) is 13.0 Å². The Balaban J connectivity index is 1.67. The molecule has 0 aliphatic rings. The van der Waals surface area contributed by atoms with Crippen molar-refractivity contribution in [3.8, 4) is 0 Å². The lowest BCUT2D eigenvalue weighted by Gasteiger charge is -2.12. The second-order valence-corrected chi connectivity index (χ2v) is 7.21. The number of aromatic nitrogens is 2. The number of rotatable bonds is 5. The summed E-state index contributed by atoms with van der Waals surface area (Å²) in [5.41, 5.74) is 1.71. The summed E-state index contributed by atoms with van der Waals surface area (Å²) in [7, 11) is 0. The van der Waals surface area contributed by atoms with Gasteiger partial charge in [0, 0.05) is 10.2 Å². The molecule has 0 bridgehead atoms. The Morgan fingerprint density at radius 3 is 2.55 bits per heavy atom. The van der Waals surface area contributed by atoms with Crippen LogP contribution in [0.1, 0.15) is 11.4 Å². The Morgan fingerprint density at radius 1 is 1.14 bits per heavy atom. The van der Waals surface area contributed by atoms with E-state index in [4.69, 9.17) is 0 Å². The number of para-hydroxylation sites is 2. The fraction of sp³-hybridized carbons (Fsp3) is 0.211. The van der Waals surface area contributed by atoms with E-state index in [2.05, 4.69) is 31.5 Å². The SMILES string of the molecule is Cc1cc(Br)ccc1NC(=O)CNC(=O)Cn1c(C(F)(F)F)nc2ccccc21. The molecule has 0 atom stereocenters. The van der Waals surface area contributed by atoms with Crippen LogP contribution in [0.3, 0.4) is 0 Å². The van der Waals surface area contributed by atoms with Crippen LogP contribution in [-0.2, 0) is 22.3 Å². The summed E-state index contributed by atoms with van der Waals surface area (Å²) < 4.78 is 41.5. The number of halogens is 4. The van der Waals surface area contributed by atoms with Crippen molar-refractivity contribution in [3.63, 3.8) is 0 Å². The van der Waals surface area contributed by atoms with Crippen LogP contribution in [0, 0.1) is 6.92 Å². The van der Waals surface area contributed by atoms with Crippen LogP contribution in [0.15, 0.2) is 46.9 Å². The molecule has 0 spiro atoms. The van der Waals surface area contributed by atoms with Gasteiger partial charge in [-0.1, -0.05) is 28.1 Å². The molecule has 1 heterocycles. The number of carbonyl (C=O) groups excluding carboxylic acids is 2. The summed E-state index contributed by atoms with van der Waals surface area (Å²) in [5, 5.41) is 4.98. The third kappa shape index (κ3) is 4.94. The first kappa shape index (κ1) is 20.8. The number of anilines is 1. The maximum Gasteiger partial charge on any atom is 0.449 e. The summed E-state index contributed by atoms with van der Waals surface area (Å²) in [6.07, 6.45) is -4.71. The fourth-order valence-electron chi connectivity index (χ4n) is 2.79. The van der Waals surface area contributed by atoms with Crippen LogP contribution in [0.5, 0.6) is 0 Å². The lowest BCUT2D eigenvalue weighted by Crippen LogP contribution is -2.35. The molecule has 0 saturated heterocycles. The number of amides is 2. The Hall–Kier alpha value is -2.88. The van der Waals surface area contributed by atoms with Crippen LogP contribution in [0.25, 0.3) is 11.0 Å². The van der Waals surface area contributed by atoms with E-state index in [1.165, 1.54) is 12.1 Å². The Kier molecular flexibility index (Phi) is 5.92. The zero-order valence-corrected chi connectivity index (χ0v) is 16.8. The molecule has 2 aromatic carbocycles. The predicted molar refractivity (Wildman–Crippen MR) is 105 cm³/mol. The zero-order valence-electron chi connectivity index (χ0n) is 15.2. The molecule has 29 heavy (non-hydrogen) atoms. The molecule has 2 N–H and O–H groups in total. The van der Waals surface area contributed by atoms with E-state index in [1.54, 1.807) is 24.3 Å². The van der Waals surface area contributed by atoms with Crippen molar-refractivity contribution in [2.75, 3.05) is 11.9 Å². The molecule has 0 fully saturated rings. The van der Waals surface area contributed by atoms with Gasteiger partial charge in [0.25, 0.3) is 0 Å². The van der Waals surface area contributed by atoms with Gasteiger partial charge in [-0.05, 0) is 42.8 Å². The molecule has 3 aromatic rings. The highest BCUT2D eigenvalue weighted by atomic mass is 79.9. The number of benzene rings is 2. The summed E-state index contributed by atoms with van der Waals surface area (Å²) in [6.45, 7) is 0.823. The largest absolute Gasteiger partial charge is 0.449 e. The van der Waals surface area contributed by atoms with E-state index < -0.39 is 30.4 Å². The minimum Gasteiger partial charge on any atom is -0.345 e. The van der Waals surface area contributed by atoms with Crippen molar-refractivity contribution in [2.45, 2.75) is 19.6 Å². The van der Waals surface area contributed by atoms with Gasteiger partial charge in [0.15, 0.2) is 0 Å². The molecule has 3 rings (SSSR count). The van der Waals surface area contributed by atoms with Crippen molar-refractivity contribution < 1.29 is 22.8 Å². The van der Waals surface area contributed by atoms with Gasteiger partial charge in [0.05, 0.1) is 17.6 Å². The van der Waals surface area contributed by atoms with Crippen molar-refractivity contribution in [1.29, 1.82) is 0 Å². The smallest absolute Gasteiger partial charge is 0.345 e. The maximum absolute atomic E-state index is 13.3. The number of aryl methyl sites for hydroxylation is 1.